The molecule has 8 nitrogen and oxygen atoms in total. The molecule has 9 heteroatoms. The van der Waals surface area contributed by atoms with E-state index in [1.54, 1.807) is 24.3 Å². The van der Waals surface area contributed by atoms with Crippen LogP contribution < -0.4 is 0 Å². The molecule has 0 saturated carbocycles. The molecule has 0 radical (unpaired) electrons. The Labute approximate surface area is 152 Å². The average Bonchev–Trinajstić information content (AvgIpc) is 3.05. The minimum atomic E-state index is -3.76. The van der Waals surface area contributed by atoms with Gasteiger partial charge in [0.05, 0.1) is 6.42 Å². The van der Waals surface area contributed by atoms with Crippen molar-refractivity contribution >= 4 is 16.2 Å². The summed E-state index contributed by atoms with van der Waals surface area (Å²) in [6.07, 6.45) is 4.34. The van der Waals surface area contributed by atoms with Crippen molar-refractivity contribution in [1.29, 1.82) is 0 Å². The molecule has 0 saturated heterocycles. The van der Waals surface area contributed by atoms with Gasteiger partial charge in [-0.25, -0.2) is 8.96 Å². The molecule has 0 amide bonds. The topological polar surface area (TPSA) is 113 Å². The van der Waals surface area contributed by atoms with E-state index in [0.717, 1.165) is 13.8 Å². The average molecular weight is 381 g/mol. The number of carboxylic acids is 1. The number of aliphatic carboxylic acids is 1. The SMILES string of the molecule is CN(C)S(=O)(=O)n1ccnc1C(CCCc1ccc(O)cc1)CC(=O)O. The number of carbonyl (C=O) groups is 1. The summed E-state index contributed by atoms with van der Waals surface area (Å²) in [7, 11) is -0.935. The van der Waals surface area contributed by atoms with Crippen molar-refractivity contribution in [3.05, 3.63) is 48.0 Å². The molecule has 0 spiro atoms. The van der Waals surface area contributed by atoms with Crippen LogP contribution in [-0.2, 0) is 21.4 Å². The summed E-state index contributed by atoms with van der Waals surface area (Å²) in [5, 5.41) is 18.5. The van der Waals surface area contributed by atoms with E-state index in [9.17, 15) is 23.4 Å². The molecular weight excluding hydrogens is 358 g/mol. The van der Waals surface area contributed by atoms with Crippen LogP contribution in [0.1, 0.15) is 36.6 Å². The number of carboxylic acid groups (broad SMARTS) is 1. The Bertz CT molecular complexity index is 844. The molecule has 26 heavy (non-hydrogen) atoms. The molecule has 2 rings (SSSR count). The van der Waals surface area contributed by atoms with Crippen molar-refractivity contribution in [3.63, 3.8) is 0 Å². The summed E-state index contributed by atoms with van der Waals surface area (Å²) in [4.78, 5) is 15.4. The number of phenols is 1. The highest BCUT2D eigenvalue weighted by Crippen LogP contribution is 2.26. The lowest BCUT2D eigenvalue weighted by Crippen LogP contribution is -2.30. The Balaban J connectivity index is 2.17. The molecule has 0 aliphatic carbocycles. The van der Waals surface area contributed by atoms with Gasteiger partial charge in [0, 0.05) is 32.4 Å². The molecule has 2 N–H and O–H groups in total. The molecule has 0 fully saturated rings. The van der Waals surface area contributed by atoms with Gasteiger partial charge in [-0.3, -0.25) is 4.79 Å². The van der Waals surface area contributed by atoms with Crippen LogP contribution >= 0.6 is 0 Å². The first-order valence-corrected chi connectivity index (χ1v) is 9.57. The summed E-state index contributed by atoms with van der Waals surface area (Å²) in [5.41, 5.74) is 1.01. The minimum absolute atomic E-state index is 0.188. The number of rotatable bonds is 9. The van der Waals surface area contributed by atoms with Crippen LogP contribution in [0.15, 0.2) is 36.7 Å². The Morgan fingerprint density at radius 1 is 1.27 bits per heavy atom. The number of hydrogen-bond donors (Lipinski definition) is 2. The Hall–Kier alpha value is -2.39. The quantitative estimate of drug-likeness (QED) is 0.685. The molecule has 1 heterocycles. The minimum Gasteiger partial charge on any atom is -0.508 e. The Morgan fingerprint density at radius 2 is 1.92 bits per heavy atom. The fourth-order valence-corrected chi connectivity index (χ4v) is 3.70. The first-order chi connectivity index (χ1) is 12.2. The number of imidazole rings is 1. The lowest BCUT2D eigenvalue weighted by atomic mass is 9.96. The normalized spacial score (nSPS) is 13.0. The number of nitrogens with zero attached hydrogens (tertiary/aromatic N) is 3. The van der Waals surface area contributed by atoms with Crippen LogP contribution in [0.25, 0.3) is 0 Å². The summed E-state index contributed by atoms with van der Waals surface area (Å²) in [6, 6.07) is 6.80. The third kappa shape index (κ3) is 4.83. The van der Waals surface area contributed by atoms with E-state index in [-0.39, 0.29) is 18.0 Å². The van der Waals surface area contributed by atoms with Crippen molar-refractivity contribution in [2.75, 3.05) is 14.1 Å². The van der Waals surface area contributed by atoms with E-state index < -0.39 is 22.1 Å². The molecule has 142 valence electrons. The van der Waals surface area contributed by atoms with Gasteiger partial charge in [0.15, 0.2) is 0 Å². The van der Waals surface area contributed by atoms with Crippen molar-refractivity contribution < 1.29 is 23.4 Å². The van der Waals surface area contributed by atoms with Crippen molar-refractivity contribution in [3.8, 4) is 5.75 Å². The van der Waals surface area contributed by atoms with Gasteiger partial charge in [-0.2, -0.15) is 12.7 Å². The van der Waals surface area contributed by atoms with Crippen LogP contribution in [0.5, 0.6) is 5.75 Å². The van der Waals surface area contributed by atoms with Crippen molar-refractivity contribution in [2.24, 2.45) is 0 Å². The summed E-state index contributed by atoms with van der Waals surface area (Å²) in [6.45, 7) is 0. The van der Waals surface area contributed by atoms with Crippen LogP contribution in [0.4, 0.5) is 0 Å². The number of aromatic nitrogens is 2. The highest BCUT2D eigenvalue weighted by Gasteiger charge is 2.26. The number of benzene rings is 1. The Kier molecular flexibility index (Phi) is 6.38. The summed E-state index contributed by atoms with van der Waals surface area (Å²) >= 11 is 0. The van der Waals surface area contributed by atoms with E-state index in [2.05, 4.69) is 4.98 Å². The van der Waals surface area contributed by atoms with Gasteiger partial charge in [-0.15, -0.1) is 0 Å². The second kappa shape index (κ2) is 8.33. The van der Waals surface area contributed by atoms with Gasteiger partial charge in [0.2, 0.25) is 0 Å². The molecule has 1 aromatic carbocycles. The molecule has 2 aromatic rings. The van der Waals surface area contributed by atoms with E-state index in [1.165, 1.54) is 26.5 Å². The van der Waals surface area contributed by atoms with Gasteiger partial charge >= 0.3 is 16.2 Å². The first kappa shape index (κ1) is 19.9. The third-order valence-electron chi connectivity index (χ3n) is 4.09. The standard InChI is InChI=1S/C17H23N3O5S/c1-19(2)26(24,25)20-11-10-18-17(20)14(12-16(22)23)5-3-4-13-6-8-15(21)9-7-13/h6-11,14,21H,3-5,12H2,1-2H3,(H,22,23). The zero-order chi connectivity index (χ0) is 19.3. The van der Waals surface area contributed by atoms with E-state index in [1.807, 2.05) is 0 Å². The van der Waals surface area contributed by atoms with Crippen molar-refractivity contribution in [2.45, 2.75) is 31.6 Å². The number of phenolic OH excluding ortho intramolecular Hbond substituents is 1. The number of aromatic hydroxyl groups is 1. The van der Waals surface area contributed by atoms with Gasteiger partial charge in [0.1, 0.15) is 11.6 Å². The predicted molar refractivity (Wildman–Crippen MR) is 96.3 cm³/mol. The van der Waals surface area contributed by atoms with E-state index in [4.69, 9.17) is 0 Å². The molecule has 0 bridgehead atoms. The van der Waals surface area contributed by atoms with Gasteiger partial charge in [-0.05, 0) is 37.0 Å². The van der Waals surface area contributed by atoms with Gasteiger partial charge < -0.3 is 10.2 Å². The third-order valence-corrected chi connectivity index (χ3v) is 5.81. The van der Waals surface area contributed by atoms with Crippen LogP contribution in [0.2, 0.25) is 0 Å². The maximum Gasteiger partial charge on any atom is 0.308 e. The highest BCUT2D eigenvalue weighted by molar-refractivity contribution is 7.87. The van der Waals surface area contributed by atoms with Gasteiger partial charge in [-0.1, -0.05) is 12.1 Å². The lowest BCUT2D eigenvalue weighted by molar-refractivity contribution is -0.137. The molecular formula is C17H23N3O5S. The number of hydrogen-bond acceptors (Lipinski definition) is 5. The van der Waals surface area contributed by atoms with Crippen LogP contribution in [-0.4, -0.2) is 52.0 Å². The zero-order valence-corrected chi connectivity index (χ0v) is 15.6. The second-order valence-electron chi connectivity index (χ2n) is 6.22. The first-order valence-electron chi connectivity index (χ1n) is 8.17. The largest absolute Gasteiger partial charge is 0.508 e. The maximum atomic E-state index is 12.4. The number of aryl methyl sites for hydroxylation is 1. The molecule has 1 unspecified atom stereocenters. The molecule has 1 aromatic heterocycles. The zero-order valence-electron chi connectivity index (χ0n) is 14.7. The fraction of sp³-hybridized carbons (Fsp3) is 0.412. The summed E-state index contributed by atoms with van der Waals surface area (Å²) < 4.78 is 26.9. The maximum absolute atomic E-state index is 12.4. The fourth-order valence-electron chi connectivity index (χ4n) is 2.71. The monoisotopic (exact) mass is 381 g/mol. The van der Waals surface area contributed by atoms with Crippen LogP contribution in [0, 0.1) is 0 Å². The van der Waals surface area contributed by atoms with Crippen LogP contribution in [0.3, 0.4) is 0 Å². The summed E-state index contributed by atoms with van der Waals surface area (Å²) in [5.74, 6) is -1.11. The molecule has 0 aliphatic heterocycles. The van der Waals surface area contributed by atoms with E-state index in [0.29, 0.717) is 19.3 Å². The molecule has 0 aliphatic rings. The van der Waals surface area contributed by atoms with Crippen molar-refractivity contribution in [1.82, 2.24) is 13.3 Å². The molecule has 1 atom stereocenters. The lowest BCUT2D eigenvalue weighted by Gasteiger charge is -2.19. The highest BCUT2D eigenvalue weighted by atomic mass is 32.2. The predicted octanol–water partition coefficient (Wildman–Crippen LogP) is 1.82. The van der Waals surface area contributed by atoms with Gasteiger partial charge in [0.25, 0.3) is 0 Å². The Morgan fingerprint density at radius 3 is 2.50 bits per heavy atom. The van der Waals surface area contributed by atoms with E-state index >= 15 is 0 Å². The second-order valence-corrected chi connectivity index (χ2v) is 8.24. The smallest absolute Gasteiger partial charge is 0.308 e.